The van der Waals surface area contributed by atoms with Crippen LogP contribution >= 0.6 is 34.5 Å². The van der Waals surface area contributed by atoms with Crippen molar-refractivity contribution < 1.29 is 9.84 Å². The number of rotatable bonds is 4. The van der Waals surface area contributed by atoms with Gasteiger partial charge in [0.05, 0.1) is 35.8 Å². The van der Waals surface area contributed by atoms with Gasteiger partial charge in [0.25, 0.3) is 0 Å². The van der Waals surface area contributed by atoms with Crippen LogP contribution in [0.5, 0.6) is 0 Å². The molecule has 3 heterocycles. The van der Waals surface area contributed by atoms with Crippen LogP contribution in [-0.2, 0) is 4.74 Å². The number of benzene rings is 1. The molecule has 1 aliphatic rings. The maximum atomic E-state index is 9.47. The van der Waals surface area contributed by atoms with Gasteiger partial charge in [-0.1, -0.05) is 29.3 Å². The molecule has 1 fully saturated rings. The highest BCUT2D eigenvalue weighted by Gasteiger charge is 2.29. The topological polar surface area (TPSA) is 78.6 Å². The highest BCUT2D eigenvalue weighted by molar-refractivity contribution is 7.20. The summed E-state index contributed by atoms with van der Waals surface area (Å²) in [6, 6.07) is 5.21. The quantitative estimate of drug-likeness (QED) is 0.598. The molecule has 4 rings (SSSR count). The minimum Gasteiger partial charge on any atom is -0.394 e. The van der Waals surface area contributed by atoms with Gasteiger partial charge in [0, 0.05) is 28.7 Å². The number of hydrogen-bond donors (Lipinski definition) is 2. The maximum absolute atomic E-state index is 9.47. The predicted molar refractivity (Wildman–Crippen MR) is 110 cm³/mol. The van der Waals surface area contributed by atoms with Crippen LogP contribution in [0.15, 0.2) is 24.5 Å². The molecule has 0 saturated carbocycles. The second kappa shape index (κ2) is 8.07. The van der Waals surface area contributed by atoms with Crippen LogP contribution in [0, 0.1) is 6.57 Å². The van der Waals surface area contributed by atoms with Gasteiger partial charge in [-0.05, 0) is 17.7 Å². The molecule has 1 unspecified atom stereocenters. The number of ether oxygens (including phenoxy) is 1. The standard InChI is InChI=1S/C18H15Cl2N5O2S/c1-21-15-14(12-3-2-10(19)6-13(12)20)16(17-22-9-23-24-17)28-18(15)25-4-5-27-11(7-25)8-26/h2-3,6,9,11,26H,4-5,7-8H2,(H,22,23,24). The van der Waals surface area contributed by atoms with Gasteiger partial charge < -0.3 is 19.7 Å². The lowest BCUT2D eigenvalue weighted by atomic mass is 10.0. The Morgan fingerprint density at radius 3 is 2.96 bits per heavy atom. The van der Waals surface area contributed by atoms with Crippen molar-refractivity contribution in [2.24, 2.45) is 0 Å². The number of nitrogens with one attached hydrogen (secondary N) is 1. The van der Waals surface area contributed by atoms with E-state index in [-0.39, 0.29) is 12.7 Å². The smallest absolute Gasteiger partial charge is 0.229 e. The first kappa shape index (κ1) is 19.2. The normalized spacial score (nSPS) is 16.9. The lowest BCUT2D eigenvalue weighted by molar-refractivity contribution is 0.00378. The Morgan fingerprint density at radius 1 is 1.43 bits per heavy atom. The number of aliphatic hydroxyl groups excluding tert-OH is 1. The first-order valence-electron chi connectivity index (χ1n) is 8.46. The fourth-order valence-electron chi connectivity index (χ4n) is 3.17. The largest absolute Gasteiger partial charge is 0.394 e. The summed E-state index contributed by atoms with van der Waals surface area (Å²) in [5, 5.41) is 19.3. The second-order valence-electron chi connectivity index (χ2n) is 6.15. The zero-order valence-corrected chi connectivity index (χ0v) is 16.9. The average Bonchev–Trinajstić information content (AvgIpc) is 3.35. The number of aliphatic hydroxyl groups is 1. The molecule has 3 aromatic rings. The van der Waals surface area contributed by atoms with Crippen molar-refractivity contribution in [3.8, 4) is 21.8 Å². The molecule has 1 aromatic carbocycles. The molecular weight excluding hydrogens is 421 g/mol. The van der Waals surface area contributed by atoms with Crippen LogP contribution < -0.4 is 4.90 Å². The van der Waals surface area contributed by atoms with Gasteiger partial charge in [0.15, 0.2) is 5.82 Å². The van der Waals surface area contributed by atoms with E-state index in [1.165, 1.54) is 17.7 Å². The zero-order valence-electron chi connectivity index (χ0n) is 14.5. The highest BCUT2D eigenvalue weighted by Crippen LogP contribution is 2.53. The van der Waals surface area contributed by atoms with E-state index >= 15 is 0 Å². The number of hydrogen-bond acceptors (Lipinski definition) is 6. The van der Waals surface area contributed by atoms with Crippen molar-refractivity contribution in [2.45, 2.75) is 6.10 Å². The van der Waals surface area contributed by atoms with Crippen molar-refractivity contribution in [3.63, 3.8) is 0 Å². The molecule has 144 valence electrons. The maximum Gasteiger partial charge on any atom is 0.229 e. The monoisotopic (exact) mass is 435 g/mol. The Balaban J connectivity index is 1.91. The van der Waals surface area contributed by atoms with E-state index in [0.29, 0.717) is 52.4 Å². The summed E-state index contributed by atoms with van der Waals surface area (Å²) in [7, 11) is 0. The summed E-state index contributed by atoms with van der Waals surface area (Å²) >= 11 is 14.0. The Kier molecular flexibility index (Phi) is 5.53. The van der Waals surface area contributed by atoms with Gasteiger partial charge in [0.1, 0.15) is 6.33 Å². The van der Waals surface area contributed by atoms with E-state index in [9.17, 15) is 5.11 Å². The van der Waals surface area contributed by atoms with Gasteiger partial charge in [-0.3, -0.25) is 0 Å². The number of halogens is 2. The number of H-pyrrole nitrogens is 1. The van der Waals surface area contributed by atoms with Gasteiger partial charge in [-0.2, -0.15) is 0 Å². The summed E-state index contributed by atoms with van der Waals surface area (Å²) in [5.74, 6) is 0.564. The summed E-state index contributed by atoms with van der Waals surface area (Å²) in [6.07, 6.45) is 1.21. The number of thiophene rings is 1. The number of aromatic amines is 1. The van der Waals surface area contributed by atoms with Gasteiger partial charge in [-0.15, -0.1) is 21.5 Å². The Morgan fingerprint density at radius 2 is 2.29 bits per heavy atom. The van der Waals surface area contributed by atoms with Crippen LogP contribution in [0.4, 0.5) is 10.7 Å². The van der Waals surface area contributed by atoms with E-state index < -0.39 is 0 Å². The molecule has 2 N–H and O–H groups in total. The number of nitrogens with zero attached hydrogens (tertiary/aromatic N) is 4. The molecule has 10 heteroatoms. The van der Waals surface area contributed by atoms with E-state index in [2.05, 4.69) is 24.9 Å². The molecule has 0 radical (unpaired) electrons. The van der Waals surface area contributed by atoms with Crippen molar-refractivity contribution in [1.82, 2.24) is 15.2 Å². The molecule has 0 aliphatic carbocycles. The van der Waals surface area contributed by atoms with Crippen LogP contribution in [0.25, 0.3) is 26.7 Å². The first-order chi connectivity index (χ1) is 13.6. The predicted octanol–water partition coefficient (Wildman–Crippen LogP) is 4.26. The molecule has 1 aliphatic heterocycles. The van der Waals surface area contributed by atoms with Crippen LogP contribution in [0.2, 0.25) is 10.0 Å². The molecule has 2 aromatic heterocycles. The van der Waals surface area contributed by atoms with Gasteiger partial charge in [-0.25, -0.2) is 4.85 Å². The molecule has 0 amide bonds. The second-order valence-corrected chi connectivity index (χ2v) is 8.00. The third-order valence-electron chi connectivity index (χ3n) is 4.44. The van der Waals surface area contributed by atoms with Crippen molar-refractivity contribution in [1.29, 1.82) is 0 Å². The third-order valence-corrected chi connectivity index (χ3v) is 6.23. The molecule has 28 heavy (non-hydrogen) atoms. The number of aromatic nitrogens is 3. The van der Waals surface area contributed by atoms with Crippen LogP contribution in [-0.4, -0.2) is 52.7 Å². The van der Waals surface area contributed by atoms with Crippen molar-refractivity contribution in [2.75, 3.05) is 31.2 Å². The zero-order chi connectivity index (χ0) is 19.7. The highest BCUT2D eigenvalue weighted by atomic mass is 35.5. The molecule has 0 spiro atoms. The molecule has 1 saturated heterocycles. The molecular formula is C18H15Cl2N5O2S. The Bertz CT molecular complexity index is 1030. The van der Waals surface area contributed by atoms with Gasteiger partial charge >= 0.3 is 0 Å². The fraction of sp³-hybridized carbons (Fsp3) is 0.278. The minimum atomic E-state index is -0.286. The fourth-order valence-corrected chi connectivity index (χ4v) is 4.91. The summed E-state index contributed by atoms with van der Waals surface area (Å²) < 4.78 is 5.55. The molecule has 1 atom stereocenters. The molecule has 0 bridgehead atoms. The van der Waals surface area contributed by atoms with Gasteiger partial charge in [0.2, 0.25) is 5.69 Å². The van der Waals surface area contributed by atoms with Crippen molar-refractivity contribution in [3.05, 3.63) is 46.0 Å². The van der Waals surface area contributed by atoms with Crippen LogP contribution in [0.3, 0.4) is 0 Å². The lowest BCUT2D eigenvalue weighted by Crippen LogP contribution is -2.43. The van der Waals surface area contributed by atoms with Crippen molar-refractivity contribution >= 4 is 45.2 Å². The number of morpholine rings is 1. The molecule has 7 nitrogen and oxygen atoms in total. The van der Waals surface area contributed by atoms with E-state index in [1.807, 2.05) is 0 Å². The Hall–Kier alpha value is -2.15. The summed E-state index contributed by atoms with van der Waals surface area (Å²) in [5.41, 5.74) is 1.89. The summed E-state index contributed by atoms with van der Waals surface area (Å²) in [6.45, 7) is 9.39. The lowest BCUT2D eigenvalue weighted by Gasteiger charge is -2.33. The SMILES string of the molecule is [C-]#[N+]c1c(N2CCOC(CO)C2)sc(-c2nnc[nH]2)c1-c1ccc(Cl)cc1Cl. The van der Waals surface area contributed by atoms with E-state index in [4.69, 9.17) is 34.5 Å². The van der Waals surface area contributed by atoms with E-state index in [0.717, 1.165) is 9.88 Å². The van der Waals surface area contributed by atoms with Crippen LogP contribution in [0.1, 0.15) is 0 Å². The average molecular weight is 436 g/mol. The summed E-state index contributed by atoms with van der Waals surface area (Å²) in [4.78, 5) is 9.68. The van der Waals surface area contributed by atoms with E-state index in [1.54, 1.807) is 18.2 Å². The first-order valence-corrected chi connectivity index (χ1v) is 10.0. The number of anilines is 1. The third kappa shape index (κ3) is 3.48. The minimum absolute atomic E-state index is 0.0694. The Labute approximate surface area is 175 Å².